The summed E-state index contributed by atoms with van der Waals surface area (Å²) in [5, 5.41) is 0. The van der Waals surface area contributed by atoms with Gasteiger partial charge >= 0.3 is 5.97 Å². The van der Waals surface area contributed by atoms with Crippen LogP contribution in [0.1, 0.15) is 53.4 Å². The molecule has 0 fully saturated rings. The zero-order valence-electron chi connectivity index (χ0n) is 15.4. The number of esters is 1. The zero-order valence-corrected chi connectivity index (χ0v) is 16.2. The van der Waals surface area contributed by atoms with E-state index in [1.165, 1.54) is 23.8 Å². The van der Waals surface area contributed by atoms with Gasteiger partial charge in [-0.3, -0.25) is 4.79 Å². The van der Waals surface area contributed by atoms with Gasteiger partial charge < -0.3 is 10.5 Å². The maximum atomic E-state index is 11.2. The van der Waals surface area contributed by atoms with Crippen LogP contribution >= 0.6 is 11.8 Å². The zero-order chi connectivity index (χ0) is 17.7. The molecule has 0 aliphatic carbocycles. The van der Waals surface area contributed by atoms with E-state index < -0.39 is 6.04 Å². The molecule has 2 N–H and O–H groups in total. The molecule has 0 bridgehead atoms. The van der Waals surface area contributed by atoms with Crippen LogP contribution in [0.25, 0.3) is 0 Å². The Kier molecular flexibility index (Phi) is 12.9. The highest BCUT2D eigenvalue weighted by Gasteiger charge is 2.12. The fourth-order valence-corrected chi connectivity index (χ4v) is 2.88. The number of nitrogens with two attached hydrogens (primary N) is 1. The van der Waals surface area contributed by atoms with Crippen molar-refractivity contribution in [2.75, 3.05) is 18.6 Å². The Hall–Kier alpha value is -1.00. The van der Waals surface area contributed by atoms with Crippen LogP contribution in [-0.4, -0.2) is 30.6 Å². The Morgan fingerprint density at radius 2 is 1.61 bits per heavy atom. The maximum absolute atomic E-state index is 11.2. The normalized spacial score (nSPS) is 13.7. The summed E-state index contributed by atoms with van der Waals surface area (Å²) in [6, 6.07) is -0.523. The van der Waals surface area contributed by atoms with E-state index >= 15 is 0 Å². The summed E-state index contributed by atoms with van der Waals surface area (Å²) in [4.78, 5) is 11.2. The van der Waals surface area contributed by atoms with Gasteiger partial charge in [0.1, 0.15) is 6.04 Å². The number of hydrogen-bond acceptors (Lipinski definition) is 4. The lowest BCUT2D eigenvalue weighted by Gasteiger charge is -2.07. The van der Waals surface area contributed by atoms with Crippen molar-refractivity contribution >= 4 is 17.7 Å². The summed E-state index contributed by atoms with van der Waals surface area (Å²) < 4.78 is 4.60. The van der Waals surface area contributed by atoms with Gasteiger partial charge in [0.25, 0.3) is 0 Å². The molecule has 0 aliphatic rings. The van der Waals surface area contributed by atoms with E-state index in [9.17, 15) is 4.79 Å². The van der Waals surface area contributed by atoms with Gasteiger partial charge in [0.2, 0.25) is 0 Å². The van der Waals surface area contributed by atoms with Crippen molar-refractivity contribution in [2.24, 2.45) is 5.73 Å². The lowest BCUT2D eigenvalue weighted by molar-refractivity contribution is -0.141. The predicted molar refractivity (Wildman–Crippen MR) is 103 cm³/mol. The molecule has 4 heteroatoms. The van der Waals surface area contributed by atoms with Gasteiger partial charge in [-0.15, -0.1) is 0 Å². The first-order valence-corrected chi connectivity index (χ1v) is 9.38. The van der Waals surface area contributed by atoms with E-state index in [2.05, 4.69) is 50.7 Å². The van der Waals surface area contributed by atoms with Crippen LogP contribution < -0.4 is 5.73 Å². The van der Waals surface area contributed by atoms with Gasteiger partial charge in [0.05, 0.1) is 7.11 Å². The van der Waals surface area contributed by atoms with Crippen LogP contribution in [0.3, 0.4) is 0 Å². The lowest BCUT2D eigenvalue weighted by atomic mass is 10.1. The molecule has 1 atom stereocenters. The molecule has 0 aromatic heterocycles. The molecule has 0 saturated heterocycles. The minimum Gasteiger partial charge on any atom is -0.468 e. The molecule has 0 aromatic rings. The molecule has 0 aliphatic heterocycles. The van der Waals surface area contributed by atoms with Crippen LogP contribution in [0, 0.1) is 0 Å². The Balaban J connectivity index is 3.90. The number of carbonyl (C=O) groups excluding carboxylic acids is 1. The molecule has 0 heterocycles. The second kappa shape index (κ2) is 13.4. The number of rotatable bonds is 11. The first kappa shape index (κ1) is 22.0. The lowest BCUT2D eigenvalue weighted by Crippen LogP contribution is -2.33. The SMILES string of the molecule is COC(=O)[C@@H](N)CSC/C=C(/C)CC/C=C(\C)CCC=C(C)C. The van der Waals surface area contributed by atoms with E-state index in [1.54, 1.807) is 11.8 Å². The summed E-state index contributed by atoms with van der Waals surface area (Å²) in [7, 11) is 1.37. The van der Waals surface area contributed by atoms with Crippen LogP contribution in [0.2, 0.25) is 0 Å². The highest BCUT2D eigenvalue weighted by molar-refractivity contribution is 7.99. The summed E-state index contributed by atoms with van der Waals surface area (Å²) in [6.45, 7) is 8.65. The minimum absolute atomic E-state index is 0.341. The Labute approximate surface area is 146 Å². The summed E-state index contributed by atoms with van der Waals surface area (Å²) in [5.41, 5.74) is 9.93. The highest BCUT2D eigenvalue weighted by atomic mass is 32.2. The third kappa shape index (κ3) is 13.2. The predicted octanol–water partition coefficient (Wildman–Crippen LogP) is 4.64. The van der Waals surface area contributed by atoms with Crippen molar-refractivity contribution in [3.05, 3.63) is 34.9 Å². The fraction of sp³-hybridized carbons (Fsp3) is 0.632. The highest BCUT2D eigenvalue weighted by Crippen LogP contribution is 2.12. The molecular formula is C19H33NO2S. The molecular weight excluding hydrogens is 306 g/mol. The van der Waals surface area contributed by atoms with Gasteiger partial charge in [-0.2, -0.15) is 11.8 Å². The monoisotopic (exact) mass is 339 g/mol. The first-order chi connectivity index (χ1) is 10.9. The van der Waals surface area contributed by atoms with Gasteiger partial charge in [-0.1, -0.05) is 34.9 Å². The molecule has 0 radical (unpaired) electrons. The number of carbonyl (C=O) groups is 1. The van der Waals surface area contributed by atoms with Gasteiger partial charge in [-0.25, -0.2) is 0 Å². The van der Waals surface area contributed by atoms with Crippen LogP contribution in [0.15, 0.2) is 34.9 Å². The van der Waals surface area contributed by atoms with Gasteiger partial charge in [0.15, 0.2) is 0 Å². The Morgan fingerprint density at radius 3 is 2.17 bits per heavy atom. The molecule has 132 valence electrons. The van der Waals surface area contributed by atoms with Crippen molar-refractivity contribution in [3.63, 3.8) is 0 Å². The van der Waals surface area contributed by atoms with E-state index in [-0.39, 0.29) is 5.97 Å². The standard InChI is InChI=1S/C19H33NO2S/c1-15(2)8-6-9-16(3)10-7-11-17(4)12-13-23-14-18(20)19(21)22-5/h8,10,12,18H,6-7,9,11,13-14,20H2,1-5H3/b16-10+,17-12-/t18-/m0/s1. The molecule has 23 heavy (non-hydrogen) atoms. The van der Waals surface area contributed by atoms with Crippen molar-refractivity contribution < 1.29 is 9.53 Å². The van der Waals surface area contributed by atoms with Crippen LogP contribution in [-0.2, 0) is 9.53 Å². The van der Waals surface area contributed by atoms with Crippen LogP contribution in [0.4, 0.5) is 0 Å². The second-order valence-corrected chi connectivity index (χ2v) is 7.20. The van der Waals surface area contributed by atoms with Crippen LogP contribution in [0.5, 0.6) is 0 Å². The average Bonchev–Trinajstić information content (AvgIpc) is 2.50. The van der Waals surface area contributed by atoms with Crippen molar-refractivity contribution in [1.29, 1.82) is 0 Å². The number of methoxy groups -OCH3 is 1. The number of hydrogen-bond donors (Lipinski definition) is 1. The first-order valence-electron chi connectivity index (χ1n) is 8.22. The Bertz CT molecular complexity index is 435. The molecule has 3 nitrogen and oxygen atoms in total. The molecule has 0 spiro atoms. The summed E-state index contributed by atoms with van der Waals surface area (Å²) in [6.07, 6.45) is 11.3. The summed E-state index contributed by atoms with van der Waals surface area (Å²) in [5.74, 6) is 1.14. The topological polar surface area (TPSA) is 52.3 Å². The van der Waals surface area contributed by atoms with E-state index in [0.29, 0.717) is 5.75 Å². The molecule has 0 aromatic carbocycles. The van der Waals surface area contributed by atoms with Crippen molar-refractivity contribution in [2.45, 2.75) is 59.4 Å². The molecule has 0 rings (SSSR count). The third-order valence-electron chi connectivity index (χ3n) is 3.47. The molecule has 0 amide bonds. The van der Waals surface area contributed by atoms with Gasteiger partial charge in [0, 0.05) is 11.5 Å². The Morgan fingerprint density at radius 1 is 1.04 bits per heavy atom. The van der Waals surface area contributed by atoms with Gasteiger partial charge in [-0.05, 0) is 53.4 Å². The smallest absolute Gasteiger partial charge is 0.323 e. The van der Waals surface area contributed by atoms with E-state index in [4.69, 9.17) is 5.73 Å². The minimum atomic E-state index is -0.523. The number of ether oxygens (including phenoxy) is 1. The molecule has 0 saturated carbocycles. The fourth-order valence-electron chi connectivity index (χ4n) is 1.95. The largest absolute Gasteiger partial charge is 0.468 e. The second-order valence-electron chi connectivity index (χ2n) is 6.13. The van der Waals surface area contributed by atoms with Crippen molar-refractivity contribution in [1.82, 2.24) is 0 Å². The number of thioether (sulfide) groups is 1. The molecule has 0 unspecified atom stereocenters. The van der Waals surface area contributed by atoms with Crippen molar-refractivity contribution in [3.8, 4) is 0 Å². The summed E-state index contributed by atoms with van der Waals surface area (Å²) >= 11 is 1.66. The van der Waals surface area contributed by atoms with E-state index in [1.807, 2.05) is 0 Å². The van der Waals surface area contributed by atoms with E-state index in [0.717, 1.165) is 31.4 Å². The quantitative estimate of drug-likeness (QED) is 0.338. The number of allylic oxidation sites excluding steroid dienone is 5. The average molecular weight is 340 g/mol. The third-order valence-corrected chi connectivity index (χ3v) is 4.47. The maximum Gasteiger partial charge on any atom is 0.323 e.